The summed E-state index contributed by atoms with van der Waals surface area (Å²) in [4.78, 5) is 31.0. The average molecular weight is 933 g/mol. The van der Waals surface area contributed by atoms with Gasteiger partial charge in [0.05, 0.1) is 25.0 Å². The number of methoxy groups -OCH3 is 1. The van der Waals surface area contributed by atoms with Crippen molar-refractivity contribution in [1.29, 1.82) is 0 Å². The second-order valence-electron chi connectivity index (χ2n) is 17.9. The van der Waals surface area contributed by atoms with Crippen LogP contribution in [0.5, 0.6) is 34.5 Å². The van der Waals surface area contributed by atoms with Crippen LogP contribution < -0.4 is 35.3 Å². The first-order valence-electron chi connectivity index (χ1n) is 22.3. The third kappa shape index (κ3) is 9.16. The van der Waals surface area contributed by atoms with Crippen molar-refractivity contribution >= 4 is 23.6 Å². The van der Waals surface area contributed by atoms with Gasteiger partial charge in [-0.05, 0) is 62.0 Å². The molecule has 7 rings (SSSR count). The summed E-state index contributed by atoms with van der Waals surface area (Å²) in [7, 11) is 2.66. The lowest BCUT2D eigenvalue weighted by Crippen LogP contribution is -2.75. The summed E-state index contributed by atoms with van der Waals surface area (Å²) in [6, 6.07) is 8.70. The number of nitrogens with zero attached hydrogens (tertiary/aromatic N) is 1. The van der Waals surface area contributed by atoms with Gasteiger partial charge in [-0.2, -0.15) is 0 Å². The molecule has 4 aliphatic rings. The predicted molar refractivity (Wildman–Crippen MR) is 241 cm³/mol. The molecule has 11 N–H and O–H groups in total. The number of ether oxygens (including phenoxy) is 6. The average Bonchev–Trinajstić information content (AvgIpc) is 3.42. The highest BCUT2D eigenvalue weighted by molar-refractivity contribution is 5.98. The number of anilines is 1. The van der Waals surface area contributed by atoms with Crippen molar-refractivity contribution < 1.29 is 73.8 Å². The van der Waals surface area contributed by atoms with Crippen molar-refractivity contribution in [2.45, 2.75) is 115 Å². The molecule has 67 heavy (non-hydrogen) atoms. The number of hydrogen-bond donors (Lipinski definition) is 10. The number of rotatable bonds is 12. The van der Waals surface area contributed by atoms with E-state index in [2.05, 4.69) is 27.5 Å². The smallest absolute Gasteiger partial charge is 0.344 e. The number of carboxylic acid groups (broad SMARTS) is 1. The van der Waals surface area contributed by atoms with Gasteiger partial charge < -0.3 is 80.5 Å². The van der Waals surface area contributed by atoms with Gasteiger partial charge in [-0.25, -0.2) is 9.59 Å². The molecule has 19 heteroatoms. The summed E-state index contributed by atoms with van der Waals surface area (Å²) in [5.74, 6) is 0.612. The molecule has 3 aromatic rings. The van der Waals surface area contributed by atoms with E-state index in [1.54, 1.807) is 0 Å². The molecule has 3 aromatic carbocycles. The lowest BCUT2D eigenvalue weighted by atomic mass is 9.71. The topological polar surface area (TPSA) is 294 Å². The third-order valence-electron chi connectivity index (χ3n) is 13.2. The van der Waals surface area contributed by atoms with Gasteiger partial charge in [0.25, 0.3) is 0 Å². The minimum atomic E-state index is -2.66. The van der Waals surface area contributed by atoms with Crippen molar-refractivity contribution in [3.05, 3.63) is 63.7 Å². The van der Waals surface area contributed by atoms with Crippen LogP contribution in [0.1, 0.15) is 89.9 Å². The quantitative estimate of drug-likeness (QED) is 0.0411. The summed E-state index contributed by atoms with van der Waals surface area (Å²) in [5, 5.41) is 88.7. The summed E-state index contributed by atoms with van der Waals surface area (Å²) in [5.41, 5.74) is 2.39. The zero-order valence-electron chi connectivity index (χ0n) is 38.3. The first-order valence-corrected chi connectivity index (χ1v) is 22.3. The molecule has 0 unspecified atom stereocenters. The van der Waals surface area contributed by atoms with Crippen LogP contribution >= 0.6 is 0 Å². The summed E-state index contributed by atoms with van der Waals surface area (Å²) in [6.45, 7) is 7.68. The molecule has 1 spiro atoms. The lowest BCUT2D eigenvalue weighted by Gasteiger charge is -2.54. The van der Waals surface area contributed by atoms with Crippen molar-refractivity contribution in [1.82, 2.24) is 5.32 Å². The molecule has 9 atom stereocenters. The maximum absolute atomic E-state index is 14.2. The highest BCUT2D eigenvalue weighted by Crippen LogP contribution is 2.53. The molecule has 0 radical (unpaired) electrons. The number of guanidine groups is 1. The number of aliphatic hydroxyl groups excluding tert-OH is 3. The Kier molecular flexibility index (Phi) is 14.3. The fraction of sp³-hybridized carbons (Fsp3) is 0.521. The van der Waals surface area contributed by atoms with Crippen LogP contribution in [0, 0.1) is 29.6 Å². The van der Waals surface area contributed by atoms with E-state index in [4.69, 9.17) is 34.2 Å². The first-order chi connectivity index (χ1) is 31.9. The number of nitrogens with one attached hydrogen (secondary N) is 2. The number of esters is 1. The van der Waals surface area contributed by atoms with Crippen molar-refractivity contribution in [2.75, 3.05) is 32.8 Å². The first kappa shape index (κ1) is 48.8. The largest absolute Gasteiger partial charge is 0.504 e. The number of cyclic esters (lactones) is 1. The molecule has 362 valence electrons. The highest BCUT2D eigenvalue weighted by atomic mass is 16.7. The molecule has 1 saturated heterocycles. The number of benzene rings is 3. The Hall–Kier alpha value is -6.17. The number of aromatic carboxylic acids is 1. The zero-order valence-corrected chi connectivity index (χ0v) is 38.3. The molecule has 19 nitrogen and oxygen atoms in total. The Bertz CT molecular complexity index is 2470. The molecule has 0 aromatic heterocycles. The molecule has 4 aliphatic heterocycles. The summed E-state index contributed by atoms with van der Waals surface area (Å²) in [6.07, 6.45) is -8.39. The van der Waals surface area contributed by atoms with Gasteiger partial charge in [-0.3, -0.25) is 4.99 Å². The molecule has 0 saturated carbocycles. The zero-order chi connectivity index (χ0) is 48.5. The SMILES string of the molecule is CCc1cccc(CCOc2c(O)c(OC)c3c(c2O)C(=O)O[C@@H](O)[C@@]2(CC3)O[C@H]3Oc4c(OCNC(N)=NC)cc(C(=O)O)c5c4C[C@@H](C#CC[C@@](O)([C@H]3O)[C@@H]2O)[C@@H](CC(C)C)[C@H](C)N5)c1. The van der Waals surface area contributed by atoms with Crippen LogP contribution in [0.3, 0.4) is 0 Å². The Morgan fingerprint density at radius 3 is 2.52 bits per heavy atom. The fourth-order valence-electron chi connectivity index (χ4n) is 9.66. The number of nitrogens with two attached hydrogens (primary N) is 1. The van der Waals surface area contributed by atoms with Gasteiger partial charge in [0.15, 0.2) is 41.3 Å². The van der Waals surface area contributed by atoms with E-state index in [1.807, 2.05) is 52.0 Å². The monoisotopic (exact) mass is 932 g/mol. The van der Waals surface area contributed by atoms with E-state index >= 15 is 0 Å². The Balaban J connectivity index is 1.33. The number of aryl methyl sites for hydroxylation is 1. The molecule has 1 fully saturated rings. The van der Waals surface area contributed by atoms with Gasteiger partial charge in [0.1, 0.15) is 23.4 Å². The summed E-state index contributed by atoms with van der Waals surface area (Å²) >= 11 is 0. The fourth-order valence-corrected chi connectivity index (χ4v) is 9.66. The number of aliphatic imine (C=N–C) groups is 1. The van der Waals surface area contributed by atoms with Gasteiger partial charge in [0.2, 0.25) is 24.1 Å². The standard InChI is InChI=1S/C48H60N4O15/c1-7-25-10-8-11-26(19-25)14-17-63-39-35(53)33-28(38(62-6)36(39)54)13-16-48(45(60)66-42(33)58)44(59)47(61)15-9-12-27-20-30-34(52-24(4)29(27)18-23(2)3)31(41(56)57)21-32(64-22-51-46(49)50-5)37(30)65-43(67-48)40(47)55/h8,10-11,19,21,23-24,27,29,40,43-45,52-55,59-61H,7,13-18,20,22H2,1-6H3,(H,56,57)(H3,49,50,51)/t24-,27+,29-,40-,43+,44-,45+,47+,48-/m0/s1. The Morgan fingerprint density at radius 2 is 1.84 bits per heavy atom. The van der Waals surface area contributed by atoms with E-state index in [0.717, 1.165) is 17.5 Å². The van der Waals surface area contributed by atoms with Gasteiger partial charge in [-0.1, -0.05) is 56.9 Å². The van der Waals surface area contributed by atoms with Gasteiger partial charge in [0, 0.05) is 49.0 Å². The number of fused-ring (bicyclic) bond motifs is 4. The van der Waals surface area contributed by atoms with Gasteiger partial charge >= 0.3 is 11.9 Å². The minimum Gasteiger partial charge on any atom is -0.504 e. The lowest BCUT2D eigenvalue weighted by molar-refractivity contribution is -0.381. The van der Waals surface area contributed by atoms with Crippen LogP contribution in [-0.4, -0.2) is 123 Å². The normalized spacial score (nSPS) is 27.8. The number of carboxylic acids is 1. The second-order valence-corrected chi connectivity index (χ2v) is 17.9. The van der Waals surface area contributed by atoms with Crippen molar-refractivity contribution in [2.24, 2.45) is 28.5 Å². The number of carbonyl (C=O) groups is 2. The van der Waals surface area contributed by atoms with Crippen LogP contribution in [0.15, 0.2) is 35.3 Å². The second kappa shape index (κ2) is 19.6. The van der Waals surface area contributed by atoms with E-state index in [-0.39, 0.29) is 89.6 Å². The number of carbonyl (C=O) groups excluding carboxylic acids is 1. The Morgan fingerprint density at radius 1 is 1.09 bits per heavy atom. The molecular formula is C48H60N4O15. The maximum atomic E-state index is 14.2. The number of phenolic OH excluding ortho intramolecular Hbond substituents is 2. The molecule has 0 aliphatic carbocycles. The molecule has 4 heterocycles. The number of aliphatic hydroxyl groups is 4. The van der Waals surface area contributed by atoms with E-state index < -0.39 is 89.5 Å². The molecular weight excluding hydrogens is 873 g/mol. The van der Waals surface area contributed by atoms with Crippen LogP contribution in [-0.2, 0) is 35.2 Å². The number of aromatic hydroxyl groups is 2. The number of hydrogen-bond acceptors (Lipinski definition) is 16. The minimum absolute atomic E-state index is 0.000825. The van der Waals surface area contributed by atoms with Crippen molar-refractivity contribution in [3.8, 4) is 46.3 Å². The van der Waals surface area contributed by atoms with Crippen LogP contribution in [0.4, 0.5) is 5.69 Å². The van der Waals surface area contributed by atoms with E-state index in [9.17, 15) is 45.3 Å². The third-order valence-corrected chi connectivity index (χ3v) is 13.2. The van der Waals surface area contributed by atoms with Crippen LogP contribution in [0.2, 0.25) is 0 Å². The van der Waals surface area contributed by atoms with Crippen LogP contribution in [0.25, 0.3) is 0 Å². The van der Waals surface area contributed by atoms with Gasteiger partial charge in [-0.15, -0.1) is 0 Å². The Labute approximate surface area is 387 Å². The maximum Gasteiger partial charge on any atom is 0.344 e. The van der Waals surface area contributed by atoms with E-state index in [1.165, 1.54) is 20.2 Å². The molecule has 0 amide bonds. The predicted octanol–water partition coefficient (Wildman–Crippen LogP) is 2.95. The molecule has 4 bridgehead atoms. The van der Waals surface area contributed by atoms with Crippen molar-refractivity contribution in [3.63, 3.8) is 0 Å². The number of phenols is 2. The highest BCUT2D eigenvalue weighted by Gasteiger charge is 2.66. The van der Waals surface area contributed by atoms with E-state index in [0.29, 0.717) is 12.8 Å². The summed E-state index contributed by atoms with van der Waals surface area (Å²) < 4.78 is 36.0.